The van der Waals surface area contributed by atoms with Gasteiger partial charge in [0.05, 0.1) is 16.7 Å². The molecule has 0 aliphatic rings. The number of halogens is 1. The van der Waals surface area contributed by atoms with E-state index in [1.807, 2.05) is 6.07 Å². The zero-order valence-corrected chi connectivity index (χ0v) is 10.1. The highest BCUT2D eigenvalue weighted by molar-refractivity contribution is 6.32. The zero-order chi connectivity index (χ0) is 13.0. The molecule has 18 heavy (non-hydrogen) atoms. The Labute approximate surface area is 110 Å². The van der Waals surface area contributed by atoms with Crippen molar-refractivity contribution >= 4 is 17.8 Å². The van der Waals surface area contributed by atoms with Gasteiger partial charge in [0.2, 0.25) is 0 Å². The van der Waals surface area contributed by atoms with E-state index < -0.39 is 0 Å². The number of nitrogens with zero attached hydrogens (tertiary/aromatic N) is 1. The van der Waals surface area contributed by atoms with Crippen molar-refractivity contribution in [1.82, 2.24) is 0 Å². The summed E-state index contributed by atoms with van der Waals surface area (Å²) in [6.07, 6.45) is 1.26. The van der Waals surface area contributed by atoms with Gasteiger partial charge in [0.1, 0.15) is 11.5 Å². The molecule has 3 nitrogen and oxygen atoms in total. The van der Waals surface area contributed by atoms with Crippen LogP contribution in [0.1, 0.15) is 11.1 Å². The summed E-state index contributed by atoms with van der Waals surface area (Å²) in [4.78, 5) is 0. The molecule has 0 saturated heterocycles. The SMILES string of the molecule is N#Cc1ccc(Oc2ccc(C=N)cc2)c(Cl)c1. The molecular formula is C14H9ClN2O. The lowest BCUT2D eigenvalue weighted by Gasteiger charge is -2.07. The van der Waals surface area contributed by atoms with Gasteiger partial charge in [0.15, 0.2) is 0 Å². The first kappa shape index (κ1) is 12.2. The third kappa shape index (κ3) is 2.68. The Balaban J connectivity index is 2.23. The molecule has 0 radical (unpaired) electrons. The molecule has 88 valence electrons. The quantitative estimate of drug-likeness (QED) is 0.844. The lowest BCUT2D eigenvalue weighted by atomic mass is 10.2. The molecule has 2 aromatic rings. The maximum Gasteiger partial charge on any atom is 0.146 e. The van der Waals surface area contributed by atoms with Gasteiger partial charge in [0.25, 0.3) is 0 Å². The van der Waals surface area contributed by atoms with Gasteiger partial charge in [-0.1, -0.05) is 11.6 Å². The summed E-state index contributed by atoms with van der Waals surface area (Å²) in [5.41, 5.74) is 1.29. The Morgan fingerprint density at radius 2 is 1.89 bits per heavy atom. The molecule has 0 spiro atoms. The average molecular weight is 257 g/mol. The molecule has 0 aliphatic heterocycles. The number of ether oxygens (including phenoxy) is 1. The number of rotatable bonds is 3. The van der Waals surface area contributed by atoms with E-state index in [1.165, 1.54) is 6.21 Å². The molecule has 0 saturated carbocycles. The number of benzene rings is 2. The van der Waals surface area contributed by atoms with E-state index in [0.29, 0.717) is 22.1 Å². The van der Waals surface area contributed by atoms with Gasteiger partial charge in [-0.3, -0.25) is 0 Å². The highest BCUT2D eigenvalue weighted by Crippen LogP contribution is 2.29. The summed E-state index contributed by atoms with van der Waals surface area (Å²) in [6, 6.07) is 13.9. The summed E-state index contributed by atoms with van der Waals surface area (Å²) in [7, 11) is 0. The van der Waals surface area contributed by atoms with Gasteiger partial charge in [-0.2, -0.15) is 5.26 Å². The molecule has 0 fully saturated rings. The minimum absolute atomic E-state index is 0.394. The fourth-order valence-corrected chi connectivity index (χ4v) is 1.63. The molecule has 2 rings (SSSR count). The fraction of sp³-hybridized carbons (Fsp3) is 0. The lowest BCUT2D eigenvalue weighted by molar-refractivity contribution is 0.483. The maximum absolute atomic E-state index is 8.73. The number of hydrogen-bond donors (Lipinski definition) is 1. The molecule has 4 heteroatoms. The molecule has 0 unspecified atom stereocenters. The lowest BCUT2D eigenvalue weighted by Crippen LogP contribution is -1.87. The second-order valence-electron chi connectivity index (χ2n) is 3.57. The highest BCUT2D eigenvalue weighted by atomic mass is 35.5. The minimum Gasteiger partial charge on any atom is -0.456 e. The van der Waals surface area contributed by atoms with E-state index in [-0.39, 0.29) is 0 Å². The van der Waals surface area contributed by atoms with Crippen molar-refractivity contribution in [1.29, 1.82) is 10.7 Å². The van der Waals surface area contributed by atoms with Gasteiger partial charge in [-0.15, -0.1) is 0 Å². The second kappa shape index (κ2) is 5.35. The summed E-state index contributed by atoms with van der Waals surface area (Å²) >= 11 is 6.00. The smallest absolute Gasteiger partial charge is 0.146 e. The van der Waals surface area contributed by atoms with Crippen LogP contribution in [0.25, 0.3) is 0 Å². The van der Waals surface area contributed by atoms with Crippen molar-refractivity contribution in [3.05, 3.63) is 58.6 Å². The largest absolute Gasteiger partial charge is 0.456 e. The fourth-order valence-electron chi connectivity index (χ4n) is 1.41. The van der Waals surface area contributed by atoms with E-state index >= 15 is 0 Å². The highest BCUT2D eigenvalue weighted by Gasteiger charge is 2.04. The molecule has 0 heterocycles. The van der Waals surface area contributed by atoms with Crippen molar-refractivity contribution < 1.29 is 4.74 Å². The Kier molecular flexibility index (Phi) is 3.61. The van der Waals surface area contributed by atoms with E-state index in [4.69, 9.17) is 27.0 Å². The normalized spacial score (nSPS) is 9.56. The van der Waals surface area contributed by atoms with Crippen molar-refractivity contribution in [2.75, 3.05) is 0 Å². The third-order valence-electron chi connectivity index (χ3n) is 2.34. The molecule has 0 aromatic heterocycles. The van der Waals surface area contributed by atoms with Gasteiger partial charge < -0.3 is 10.1 Å². The molecule has 0 amide bonds. The van der Waals surface area contributed by atoms with Crippen LogP contribution in [-0.2, 0) is 0 Å². The summed E-state index contributed by atoms with van der Waals surface area (Å²) < 4.78 is 5.59. The van der Waals surface area contributed by atoms with Crippen LogP contribution >= 0.6 is 11.6 Å². The Hall–Kier alpha value is -2.31. The zero-order valence-electron chi connectivity index (χ0n) is 9.35. The van der Waals surface area contributed by atoms with Crippen LogP contribution in [0, 0.1) is 16.7 Å². The Morgan fingerprint density at radius 3 is 2.44 bits per heavy atom. The van der Waals surface area contributed by atoms with Crippen LogP contribution in [-0.4, -0.2) is 6.21 Å². The van der Waals surface area contributed by atoms with E-state index in [9.17, 15) is 0 Å². The topological polar surface area (TPSA) is 56.9 Å². The van der Waals surface area contributed by atoms with E-state index in [2.05, 4.69) is 0 Å². The van der Waals surface area contributed by atoms with Crippen LogP contribution in [0.5, 0.6) is 11.5 Å². The van der Waals surface area contributed by atoms with Crippen LogP contribution < -0.4 is 4.74 Å². The maximum atomic E-state index is 8.73. The molecule has 1 N–H and O–H groups in total. The number of hydrogen-bond acceptors (Lipinski definition) is 3. The van der Waals surface area contributed by atoms with Gasteiger partial charge in [-0.05, 0) is 48.0 Å². The van der Waals surface area contributed by atoms with Gasteiger partial charge in [-0.25, -0.2) is 0 Å². The van der Waals surface area contributed by atoms with Crippen molar-refractivity contribution in [2.24, 2.45) is 0 Å². The van der Waals surface area contributed by atoms with Crippen LogP contribution in [0.3, 0.4) is 0 Å². The summed E-state index contributed by atoms with van der Waals surface area (Å²) in [6.45, 7) is 0. The molecule has 0 bridgehead atoms. The predicted molar refractivity (Wildman–Crippen MR) is 70.6 cm³/mol. The monoisotopic (exact) mass is 256 g/mol. The molecular weight excluding hydrogens is 248 g/mol. The molecule has 0 aliphatic carbocycles. The van der Waals surface area contributed by atoms with Gasteiger partial charge >= 0.3 is 0 Å². The van der Waals surface area contributed by atoms with E-state index in [1.54, 1.807) is 42.5 Å². The van der Waals surface area contributed by atoms with Crippen LogP contribution in [0.4, 0.5) is 0 Å². The van der Waals surface area contributed by atoms with Crippen LogP contribution in [0.15, 0.2) is 42.5 Å². The first-order chi connectivity index (χ1) is 8.72. The van der Waals surface area contributed by atoms with Crippen LogP contribution in [0.2, 0.25) is 5.02 Å². The second-order valence-corrected chi connectivity index (χ2v) is 3.98. The Bertz CT molecular complexity index is 615. The van der Waals surface area contributed by atoms with Crippen molar-refractivity contribution in [3.8, 4) is 17.6 Å². The number of nitriles is 1. The average Bonchev–Trinajstić information content (AvgIpc) is 2.42. The number of nitrogens with one attached hydrogen (secondary N) is 1. The predicted octanol–water partition coefficient (Wildman–Crippen LogP) is 4.00. The molecule has 2 aromatic carbocycles. The molecule has 0 atom stereocenters. The van der Waals surface area contributed by atoms with Gasteiger partial charge in [0, 0.05) is 6.21 Å². The van der Waals surface area contributed by atoms with E-state index in [0.717, 1.165) is 5.56 Å². The first-order valence-electron chi connectivity index (χ1n) is 5.21. The standard InChI is InChI=1S/C14H9ClN2O/c15-13-7-11(9-17)3-6-14(13)18-12-4-1-10(8-16)2-5-12/h1-8,16H. The minimum atomic E-state index is 0.394. The first-order valence-corrected chi connectivity index (χ1v) is 5.59. The van der Waals surface area contributed by atoms with Crippen molar-refractivity contribution in [2.45, 2.75) is 0 Å². The van der Waals surface area contributed by atoms with Crippen molar-refractivity contribution in [3.63, 3.8) is 0 Å². The third-order valence-corrected chi connectivity index (χ3v) is 2.63. The summed E-state index contributed by atoms with van der Waals surface area (Å²) in [5, 5.41) is 16.2. The summed E-state index contributed by atoms with van der Waals surface area (Å²) in [5.74, 6) is 1.13. The Morgan fingerprint density at radius 1 is 1.17 bits per heavy atom.